The molecule has 1 amide bonds. The maximum absolute atomic E-state index is 12.4. The Kier molecular flexibility index (Phi) is 5.37. The molecule has 1 aromatic carbocycles. The average molecular weight is 356 g/mol. The number of anilines is 1. The fourth-order valence-electron chi connectivity index (χ4n) is 3.19. The number of hydrogen-bond acceptors (Lipinski definition) is 4. The predicted molar refractivity (Wildman–Crippen MR) is 98.5 cm³/mol. The number of carbonyl (C=O) groups excluding carboxylic acids is 1. The van der Waals surface area contributed by atoms with Crippen molar-refractivity contribution in [3.63, 3.8) is 0 Å². The summed E-state index contributed by atoms with van der Waals surface area (Å²) in [4.78, 5) is 25.4. The predicted octanol–water partition coefficient (Wildman–Crippen LogP) is 2.22. The first kappa shape index (κ1) is 18.1. The van der Waals surface area contributed by atoms with Crippen LogP contribution in [0.25, 0.3) is 5.69 Å². The van der Waals surface area contributed by atoms with Gasteiger partial charge in [-0.1, -0.05) is 17.7 Å². The van der Waals surface area contributed by atoms with Crippen LogP contribution in [-0.4, -0.2) is 51.3 Å². The molecular formula is C19H24N4O3. The van der Waals surface area contributed by atoms with Crippen molar-refractivity contribution >= 4 is 17.7 Å². The van der Waals surface area contributed by atoms with Crippen LogP contribution in [0.2, 0.25) is 0 Å². The van der Waals surface area contributed by atoms with Gasteiger partial charge in [-0.3, -0.25) is 14.5 Å². The van der Waals surface area contributed by atoms with Crippen LogP contribution in [0.4, 0.5) is 5.82 Å². The molecule has 0 radical (unpaired) electrons. The van der Waals surface area contributed by atoms with Crippen molar-refractivity contribution in [1.82, 2.24) is 14.7 Å². The number of rotatable bonds is 5. The van der Waals surface area contributed by atoms with Crippen LogP contribution in [-0.2, 0) is 9.59 Å². The van der Waals surface area contributed by atoms with Crippen molar-refractivity contribution in [2.75, 3.05) is 25.0 Å². The average Bonchev–Trinajstić information content (AvgIpc) is 2.96. The van der Waals surface area contributed by atoms with Gasteiger partial charge in [0.05, 0.1) is 23.8 Å². The van der Waals surface area contributed by atoms with Gasteiger partial charge in [-0.05, 0) is 51.9 Å². The lowest BCUT2D eigenvalue weighted by Gasteiger charge is -2.29. The number of nitrogens with one attached hydrogen (secondary N) is 1. The molecular weight excluding hydrogens is 332 g/mol. The molecule has 7 heteroatoms. The van der Waals surface area contributed by atoms with Gasteiger partial charge in [-0.15, -0.1) is 0 Å². The van der Waals surface area contributed by atoms with Crippen LogP contribution in [0.3, 0.4) is 0 Å². The fraction of sp³-hybridized carbons (Fsp3) is 0.421. The summed E-state index contributed by atoms with van der Waals surface area (Å²) in [7, 11) is 0. The molecule has 1 aromatic heterocycles. The zero-order chi connectivity index (χ0) is 18.7. The summed E-state index contributed by atoms with van der Waals surface area (Å²) in [5.41, 5.74) is 2.87. The Morgan fingerprint density at radius 3 is 2.46 bits per heavy atom. The third kappa shape index (κ3) is 4.29. The van der Waals surface area contributed by atoms with Crippen molar-refractivity contribution in [3.05, 3.63) is 41.6 Å². The summed E-state index contributed by atoms with van der Waals surface area (Å²) in [6.07, 6.45) is 1.17. The number of carbonyl (C=O) groups is 2. The van der Waals surface area contributed by atoms with Crippen LogP contribution in [0.15, 0.2) is 30.3 Å². The van der Waals surface area contributed by atoms with Gasteiger partial charge in [0.1, 0.15) is 5.82 Å². The number of benzene rings is 1. The second-order valence-electron chi connectivity index (χ2n) is 6.86. The van der Waals surface area contributed by atoms with Gasteiger partial charge in [0.15, 0.2) is 0 Å². The van der Waals surface area contributed by atoms with E-state index in [0.29, 0.717) is 31.7 Å². The summed E-state index contributed by atoms with van der Waals surface area (Å²) in [5.74, 6) is -0.518. The van der Waals surface area contributed by atoms with E-state index >= 15 is 0 Å². The molecule has 1 fully saturated rings. The van der Waals surface area contributed by atoms with Crippen molar-refractivity contribution in [2.45, 2.75) is 26.7 Å². The van der Waals surface area contributed by atoms with Crippen molar-refractivity contribution < 1.29 is 14.7 Å². The summed E-state index contributed by atoms with van der Waals surface area (Å²) >= 11 is 0. The number of piperidine rings is 1. The van der Waals surface area contributed by atoms with Gasteiger partial charge >= 0.3 is 5.97 Å². The highest BCUT2D eigenvalue weighted by atomic mass is 16.4. The quantitative estimate of drug-likeness (QED) is 0.858. The Bertz CT molecular complexity index is 790. The van der Waals surface area contributed by atoms with Gasteiger partial charge in [-0.2, -0.15) is 5.10 Å². The minimum Gasteiger partial charge on any atom is -0.481 e. The second kappa shape index (κ2) is 7.70. The first-order chi connectivity index (χ1) is 12.4. The topological polar surface area (TPSA) is 87.5 Å². The van der Waals surface area contributed by atoms with E-state index in [1.54, 1.807) is 4.68 Å². The normalized spacial score (nSPS) is 15.8. The van der Waals surface area contributed by atoms with Crippen molar-refractivity contribution in [1.29, 1.82) is 0 Å². The van der Waals surface area contributed by atoms with E-state index in [9.17, 15) is 9.59 Å². The monoisotopic (exact) mass is 356 g/mol. The molecule has 2 N–H and O–H groups in total. The summed E-state index contributed by atoms with van der Waals surface area (Å²) < 4.78 is 1.73. The molecule has 0 spiro atoms. The third-order valence-electron chi connectivity index (χ3n) is 4.68. The summed E-state index contributed by atoms with van der Waals surface area (Å²) in [5, 5.41) is 16.4. The van der Waals surface area contributed by atoms with E-state index in [1.807, 2.05) is 49.1 Å². The van der Waals surface area contributed by atoms with Crippen LogP contribution in [0.1, 0.15) is 24.1 Å². The molecule has 3 rings (SSSR count). The van der Waals surface area contributed by atoms with Gasteiger partial charge < -0.3 is 10.4 Å². The van der Waals surface area contributed by atoms with Crippen LogP contribution < -0.4 is 5.32 Å². The Balaban J connectivity index is 1.63. The summed E-state index contributed by atoms with van der Waals surface area (Å²) in [6.45, 7) is 5.41. The summed E-state index contributed by atoms with van der Waals surface area (Å²) in [6, 6.07) is 9.78. The molecule has 1 aliphatic rings. The molecule has 2 aromatic rings. The zero-order valence-electron chi connectivity index (χ0n) is 15.1. The first-order valence-electron chi connectivity index (χ1n) is 8.81. The number of nitrogens with zero attached hydrogens (tertiary/aromatic N) is 3. The SMILES string of the molecule is Cc1ccc(-n2nc(C)cc2NC(=O)CN2CCC(C(=O)O)CC2)cc1. The van der Waals surface area contributed by atoms with Crippen LogP contribution in [0.5, 0.6) is 0 Å². The Hall–Kier alpha value is -2.67. The molecule has 1 aliphatic heterocycles. The van der Waals surface area contributed by atoms with Gasteiger partial charge in [0.25, 0.3) is 0 Å². The Morgan fingerprint density at radius 2 is 1.85 bits per heavy atom. The van der Waals surface area contributed by atoms with Gasteiger partial charge in [-0.25, -0.2) is 4.68 Å². The number of aryl methyl sites for hydroxylation is 2. The molecule has 2 heterocycles. The second-order valence-corrected chi connectivity index (χ2v) is 6.86. The molecule has 0 saturated carbocycles. The lowest BCUT2D eigenvalue weighted by atomic mass is 9.97. The number of carboxylic acids is 1. The number of aromatic nitrogens is 2. The van der Waals surface area contributed by atoms with Crippen molar-refractivity contribution in [3.8, 4) is 5.69 Å². The zero-order valence-corrected chi connectivity index (χ0v) is 15.1. The molecule has 138 valence electrons. The molecule has 0 aliphatic carbocycles. The Morgan fingerprint density at radius 1 is 1.19 bits per heavy atom. The molecule has 26 heavy (non-hydrogen) atoms. The van der Waals surface area contributed by atoms with Gasteiger partial charge in [0, 0.05) is 6.07 Å². The number of carboxylic acid groups (broad SMARTS) is 1. The molecule has 7 nitrogen and oxygen atoms in total. The molecule has 0 atom stereocenters. The Labute approximate surface area is 152 Å². The first-order valence-corrected chi connectivity index (χ1v) is 8.81. The standard InChI is InChI=1S/C19H24N4O3/c1-13-3-5-16(6-4-13)23-17(11-14(2)21-23)20-18(24)12-22-9-7-15(8-10-22)19(25)26/h3-6,11,15H,7-10,12H2,1-2H3,(H,20,24)(H,25,26). The van der Waals surface area contributed by atoms with E-state index < -0.39 is 5.97 Å². The number of hydrogen-bond donors (Lipinski definition) is 2. The number of aliphatic carboxylic acids is 1. The lowest BCUT2D eigenvalue weighted by molar-refractivity contribution is -0.143. The van der Waals surface area contributed by atoms with E-state index in [-0.39, 0.29) is 18.4 Å². The largest absolute Gasteiger partial charge is 0.481 e. The number of amides is 1. The highest BCUT2D eigenvalue weighted by Crippen LogP contribution is 2.19. The third-order valence-corrected chi connectivity index (χ3v) is 4.68. The molecule has 0 unspecified atom stereocenters. The van der Waals surface area contributed by atoms with Gasteiger partial charge in [0.2, 0.25) is 5.91 Å². The molecule has 1 saturated heterocycles. The van der Waals surface area contributed by atoms with Crippen molar-refractivity contribution in [2.24, 2.45) is 5.92 Å². The van der Waals surface area contributed by atoms with E-state index in [0.717, 1.165) is 16.9 Å². The van der Waals surface area contributed by atoms with Crippen LogP contribution >= 0.6 is 0 Å². The highest BCUT2D eigenvalue weighted by Gasteiger charge is 2.25. The highest BCUT2D eigenvalue weighted by molar-refractivity contribution is 5.91. The van der Waals surface area contributed by atoms with E-state index in [1.165, 1.54) is 0 Å². The molecule has 0 bridgehead atoms. The minimum atomic E-state index is -0.744. The van der Waals surface area contributed by atoms with E-state index in [2.05, 4.69) is 10.4 Å². The maximum Gasteiger partial charge on any atom is 0.306 e. The number of likely N-dealkylation sites (tertiary alicyclic amines) is 1. The maximum atomic E-state index is 12.4. The fourth-order valence-corrected chi connectivity index (χ4v) is 3.19. The van der Waals surface area contributed by atoms with E-state index in [4.69, 9.17) is 5.11 Å². The minimum absolute atomic E-state index is 0.118. The lowest BCUT2D eigenvalue weighted by Crippen LogP contribution is -2.40. The van der Waals surface area contributed by atoms with Crippen LogP contribution in [0, 0.1) is 19.8 Å². The smallest absolute Gasteiger partial charge is 0.306 e.